The zero-order valence-electron chi connectivity index (χ0n) is 24.4. The smallest absolute Gasteiger partial charge is 0.200 e. The highest BCUT2D eigenvalue weighted by Crippen LogP contribution is 2.54. The molecule has 1 fully saturated rings. The van der Waals surface area contributed by atoms with Gasteiger partial charge in [-0.25, -0.2) is 4.57 Å². The number of fused-ring (bicyclic) bond motifs is 5. The summed E-state index contributed by atoms with van der Waals surface area (Å²) in [6, 6.07) is 19.2. The van der Waals surface area contributed by atoms with Gasteiger partial charge in [0.25, 0.3) is 0 Å². The molecule has 1 nitrogen and oxygen atoms in total. The Kier molecular flexibility index (Phi) is 5.87. The van der Waals surface area contributed by atoms with Gasteiger partial charge in [-0.2, -0.15) is 0 Å². The van der Waals surface area contributed by atoms with Crippen molar-refractivity contribution in [3.05, 3.63) is 77.0 Å². The summed E-state index contributed by atoms with van der Waals surface area (Å²) >= 11 is 2.04. The first-order chi connectivity index (χ1) is 18.7. The second-order valence-electron chi connectivity index (χ2n) is 13.6. The Morgan fingerprint density at radius 2 is 1.62 bits per heavy atom. The molecule has 1 aromatic heterocycles. The van der Waals surface area contributed by atoms with E-state index in [0.717, 1.165) is 12.3 Å². The van der Waals surface area contributed by atoms with Gasteiger partial charge in [0.2, 0.25) is 5.69 Å². The SMILES string of the molecule is Cc1ccc2c(CC(C)(C)C)c3c(c(C)c2c1)-c1c2c(c4ccc(CC5CCCC5)cc4cc2cc[n+]1C)S3. The molecule has 2 heteroatoms. The van der Waals surface area contributed by atoms with Gasteiger partial charge >= 0.3 is 0 Å². The first-order valence-electron chi connectivity index (χ1n) is 14.8. The number of aryl methyl sites for hydroxylation is 3. The molecule has 1 aliphatic carbocycles. The summed E-state index contributed by atoms with van der Waals surface area (Å²) in [6.45, 7) is 11.7. The second-order valence-corrected chi connectivity index (χ2v) is 14.6. The van der Waals surface area contributed by atoms with Gasteiger partial charge < -0.3 is 0 Å². The number of hydrogen-bond acceptors (Lipinski definition) is 1. The Balaban J connectivity index is 1.53. The maximum atomic E-state index is 2.50. The van der Waals surface area contributed by atoms with Crippen molar-refractivity contribution in [2.45, 2.75) is 82.9 Å². The summed E-state index contributed by atoms with van der Waals surface area (Å²) in [7, 11) is 2.23. The van der Waals surface area contributed by atoms with Crippen molar-refractivity contribution >= 4 is 44.1 Å². The number of hydrogen-bond donors (Lipinski definition) is 0. The molecule has 4 aromatic carbocycles. The third kappa shape index (κ3) is 4.18. The lowest BCUT2D eigenvalue weighted by Crippen LogP contribution is -2.32. The van der Waals surface area contributed by atoms with Crippen molar-refractivity contribution in [3.63, 3.8) is 0 Å². The van der Waals surface area contributed by atoms with Crippen LogP contribution in [0.2, 0.25) is 0 Å². The van der Waals surface area contributed by atoms with E-state index in [-0.39, 0.29) is 5.41 Å². The fraction of sp³-hybridized carbons (Fsp3) is 0.378. The lowest BCUT2D eigenvalue weighted by atomic mass is 9.82. The molecule has 0 bridgehead atoms. The van der Waals surface area contributed by atoms with E-state index in [9.17, 15) is 0 Å². The van der Waals surface area contributed by atoms with Crippen LogP contribution in [0.5, 0.6) is 0 Å². The van der Waals surface area contributed by atoms with Crippen molar-refractivity contribution in [2.24, 2.45) is 18.4 Å². The monoisotopic (exact) mass is 530 g/mol. The molecule has 39 heavy (non-hydrogen) atoms. The first kappa shape index (κ1) is 25.1. The van der Waals surface area contributed by atoms with E-state index in [1.54, 1.807) is 0 Å². The van der Waals surface area contributed by atoms with Crippen LogP contribution in [0.4, 0.5) is 0 Å². The van der Waals surface area contributed by atoms with Gasteiger partial charge in [-0.3, -0.25) is 0 Å². The van der Waals surface area contributed by atoms with Crippen LogP contribution in [-0.2, 0) is 19.9 Å². The summed E-state index contributed by atoms with van der Waals surface area (Å²) in [5.41, 5.74) is 8.78. The van der Waals surface area contributed by atoms with Crippen molar-refractivity contribution in [3.8, 4) is 11.3 Å². The van der Waals surface area contributed by atoms with Crippen LogP contribution in [0.3, 0.4) is 0 Å². The summed E-state index contributed by atoms with van der Waals surface area (Å²) in [6.07, 6.45) is 10.2. The molecule has 5 aromatic rings. The Hall–Kier alpha value is -2.84. The van der Waals surface area contributed by atoms with Crippen LogP contribution in [0, 0.1) is 25.2 Å². The van der Waals surface area contributed by atoms with E-state index >= 15 is 0 Å². The van der Waals surface area contributed by atoms with Crippen LogP contribution >= 0.6 is 11.8 Å². The molecule has 0 radical (unpaired) electrons. The van der Waals surface area contributed by atoms with Gasteiger partial charge in [-0.15, -0.1) is 0 Å². The summed E-state index contributed by atoms with van der Waals surface area (Å²) < 4.78 is 2.38. The number of benzene rings is 4. The Bertz CT molecular complexity index is 1800. The van der Waals surface area contributed by atoms with E-state index in [1.165, 1.54) is 108 Å². The van der Waals surface area contributed by atoms with Crippen LogP contribution in [-0.4, -0.2) is 0 Å². The normalized spacial score (nSPS) is 15.5. The third-order valence-electron chi connectivity index (χ3n) is 9.18. The predicted octanol–water partition coefficient (Wildman–Crippen LogP) is 10.0. The van der Waals surface area contributed by atoms with E-state index in [1.807, 2.05) is 11.8 Å². The molecular weight excluding hydrogens is 490 g/mol. The maximum absolute atomic E-state index is 2.50. The van der Waals surface area contributed by atoms with Gasteiger partial charge in [-0.1, -0.05) is 100 Å². The minimum atomic E-state index is 0.198. The topological polar surface area (TPSA) is 3.88 Å². The standard InChI is InChI=1S/C37H40NS/c1-22-11-13-29-30(17-22)23(2)32-34-33-26(15-16-38(34)6)20-27-19-25(18-24-9-7-8-10-24)12-14-28(27)35(33)39-36(32)31(29)21-37(3,4)5/h11-17,19-20,24H,7-10,18,21H2,1-6H3/q+1. The van der Waals surface area contributed by atoms with Crippen molar-refractivity contribution in [2.75, 3.05) is 0 Å². The number of aromatic nitrogens is 1. The summed E-state index contributed by atoms with van der Waals surface area (Å²) in [4.78, 5) is 2.91. The molecule has 0 spiro atoms. The minimum absolute atomic E-state index is 0.198. The lowest BCUT2D eigenvalue weighted by Gasteiger charge is -2.28. The highest BCUT2D eigenvalue weighted by Gasteiger charge is 2.33. The third-order valence-corrected chi connectivity index (χ3v) is 10.5. The van der Waals surface area contributed by atoms with Crippen molar-refractivity contribution in [1.82, 2.24) is 0 Å². The van der Waals surface area contributed by atoms with Crippen LogP contribution in [0.15, 0.2) is 64.5 Å². The zero-order valence-corrected chi connectivity index (χ0v) is 25.2. The van der Waals surface area contributed by atoms with Crippen LogP contribution in [0.25, 0.3) is 43.6 Å². The van der Waals surface area contributed by atoms with Crippen molar-refractivity contribution in [1.29, 1.82) is 0 Å². The predicted molar refractivity (Wildman–Crippen MR) is 168 cm³/mol. The van der Waals surface area contributed by atoms with Gasteiger partial charge in [0.15, 0.2) is 6.20 Å². The average molecular weight is 531 g/mol. The van der Waals surface area contributed by atoms with E-state index in [0.29, 0.717) is 0 Å². The molecular formula is C37H40NS+. The van der Waals surface area contributed by atoms with Gasteiger partial charge in [0.1, 0.15) is 7.05 Å². The van der Waals surface area contributed by atoms with E-state index < -0.39 is 0 Å². The zero-order chi connectivity index (χ0) is 27.1. The first-order valence-corrected chi connectivity index (χ1v) is 15.6. The average Bonchev–Trinajstić information content (AvgIpc) is 3.40. The molecule has 1 saturated carbocycles. The molecule has 0 amide bonds. The maximum Gasteiger partial charge on any atom is 0.222 e. The number of rotatable bonds is 3. The van der Waals surface area contributed by atoms with Gasteiger partial charge in [-0.05, 0) is 87.7 Å². The Labute approximate surface area is 237 Å². The van der Waals surface area contributed by atoms with Crippen molar-refractivity contribution < 1.29 is 4.57 Å². The van der Waals surface area contributed by atoms with E-state index in [2.05, 4.69) is 101 Å². The molecule has 0 atom stereocenters. The van der Waals surface area contributed by atoms with E-state index in [4.69, 9.17) is 0 Å². The molecule has 0 saturated heterocycles. The van der Waals surface area contributed by atoms with Gasteiger partial charge in [0.05, 0.1) is 10.9 Å². The molecule has 198 valence electrons. The minimum Gasteiger partial charge on any atom is -0.200 e. The van der Waals surface area contributed by atoms with Crippen LogP contribution < -0.4 is 4.57 Å². The molecule has 0 N–H and O–H groups in total. The molecule has 2 aliphatic rings. The highest BCUT2D eigenvalue weighted by atomic mass is 32.2. The molecule has 1 aliphatic heterocycles. The highest BCUT2D eigenvalue weighted by molar-refractivity contribution is 8.00. The molecule has 2 heterocycles. The van der Waals surface area contributed by atoms with Crippen LogP contribution in [0.1, 0.15) is 68.7 Å². The molecule has 0 unspecified atom stereocenters. The van der Waals surface area contributed by atoms with Gasteiger partial charge in [0, 0.05) is 15.9 Å². The largest absolute Gasteiger partial charge is 0.222 e. The number of pyridine rings is 1. The molecule has 7 rings (SSSR count). The summed E-state index contributed by atoms with van der Waals surface area (Å²) in [5.74, 6) is 0.869. The quantitative estimate of drug-likeness (QED) is 0.163. The number of nitrogens with zero attached hydrogens (tertiary/aromatic N) is 1. The fourth-order valence-electron chi connectivity index (χ4n) is 7.36. The second kappa shape index (κ2) is 9.10. The Morgan fingerprint density at radius 1 is 0.846 bits per heavy atom. The fourth-order valence-corrected chi connectivity index (χ4v) is 8.83. The Morgan fingerprint density at radius 3 is 2.38 bits per heavy atom. The summed E-state index contributed by atoms with van der Waals surface area (Å²) in [5, 5.41) is 8.43. The lowest BCUT2D eigenvalue weighted by molar-refractivity contribution is -0.659.